The minimum Gasteiger partial charge on any atom is -0.370 e. The molecule has 0 aliphatic carbocycles. The molecule has 0 unspecified atom stereocenters. The van der Waals surface area contributed by atoms with Crippen molar-refractivity contribution >= 4 is 22.7 Å². The maximum atomic E-state index is 4.92. The highest BCUT2D eigenvalue weighted by molar-refractivity contribution is 7.10. The minimum atomic E-state index is 0.113. The van der Waals surface area contributed by atoms with E-state index in [1.807, 2.05) is 0 Å². The van der Waals surface area contributed by atoms with E-state index in [0.29, 0.717) is 0 Å². The lowest BCUT2D eigenvalue weighted by Crippen LogP contribution is -2.26. The van der Waals surface area contributed by atoms with Crippen LogP contribution in [0.3, 0.4) is 0 Å². The van der Waals surface area contributed by atoms with Crippen LogP contribution in [0.25, 0.3) is 11.3 Å². The van der Waals surface area contributed by atoms with Gasteiger partial charge in [-0.1, -0.05) is 26.8 Å². The zero-order valence-corrected chi connectivity index (χ0v) is 17.1. The van der Waals surface area contributed by atoms with Gasteiger partial charge in [0.25, 0.3) is 0 Å². The second-order valence-corrected chi connectivity index (χ2v) is 8.72. The number of anilines is 2. The lowest BCUT2D eigenvalue weighted by molar-refractivity contribution is 0.586. The molecule has 3 nitrogen and oxygen atoms in total. The molecule has 2 aromatic rings. The van der Waals surface area contributed by atoms with Crippen molar-refractivity contribution in [3.8, 4) is 11.3 Å². The molecule has 1 aliphatic heterocycles. The Morgan fingerprint density at radius 2 is 1.80 bits per heavy atom. The van der Waals surface area contributed by atoms with E-state index in [0.717, 1.165) is 18.8 Å². The predicted molar refractivity (Wildman–Crippen MR) is 111 cm³/mol. The molecule has 25 heavy (non-hydrogen) atoms. The molecule has 0 amide bonds. The summed E-state index contributed by atoms with van der Waals surface area (Å²) in [4.78, 5) is 9.93. The molecule has 0 bridgehead atoms. The molecule has 2 heterocycles. The first-order valence-corrected chi connectivity index (χ1v) is 10.4. The second-order valence-electron chi connectivity index (χ2n) is 7.86. The van der Waals surface area contributed by atoms with Crippen molar-refractivity contribution in [2.24, 2.45) is 0 Å². The Balaban J connectivity index is 2.01. The van der Waals surface area contributed by atoms with E-state index in [1.54, 1.807) is 11.3 Å². The Bertz CT molecular complexity index is 704. The molecule has 0 saturated carbocycles. The summed E-state index contributed by atoms with van der Waals surface area (Å²) < 4.78 is 0. The van der Waals surface area contributed by atoms with E-state index in [9.17, 15) is 0 Å². The van der Waals surface area contributed by atoms with Gasteiger partial charge >= 0.3 is 0 Å². The van der Waals surface area contributed by atoms with Gasteiger partial charge in [-0.2, -0.15) is 0 Å². The topological polar surface area (TPSA) is 19.4 Å². The highest BCUT2D eigenvalue weighted by Crippen LogP contribution is 2.37. The fourth-order valence-corrected chi connectivity index (χ4v) is 4.39. The second kappa shape index (κ2) is 7.36. The minimum absolute atomic E-state index is 0.113. The molecule has 4 heteroatoms. The molecular formula is C21H31N3S. The summed E-state index contributed by atoms with van der Waals surface area (Å²) in [5.41, 5.74) is 5.21. The Hall–Kier alpha value is -1.55. The molecule has 1 saturated heterocycles. The van der Waals surface area contributed by atoms with Crippen LogP contribution in [0.15, 0.2) is 23.6 Å². The van der Waals surface area contributed by atoms with E-state index in [1.165, 1.54) is 47.9 Å². The standard InChI is InChI=1S/C21H31N3S/c1-6-23(7-2)18-11-10-16(14-19(18)24-12-8-9-13-24)17-15-25-20(22-17)21(3,4)5/h10-11,14-15H,6-9,12-13H2,1-5H3. The fourth-order valence-electron chi connectivity index (χ4n) is 3.48. The smallest absolute Gasteiger partial charge is 0.0986 e. The van der Waals surface area contributed by atoms with Gasteiger partial charge in [-0.05, 0) is 38.8 Å². The Morgan fingerprint density at radius 3 is 2.36 bits per heavy atom. The zero-order valence-electron chi connectivity index (χ0n) is 16.3. The van der Waals surface area contributed by atoms with Crippen LogP contribution in [0.1, 0.15) is 52.5 Å². The van der Waals surface area contributed by atoms with E-state index in [2.05, 4.69) is 68.0 Å². The third-order valence-electron chi connectivity index (χ3n) is 4.97. The maximum Gasteiger partial charge on any atom is 0.0986 e. The van der Waals surface area contributed by atoms with Crippen LogP contribution >= 0.6 is 11.3 Å². The largest absolute Gasteiger partial charge is 0.370 e. The summed E-state index contributed by atoms with van der Waals surface area (Å²) >= 11 is 1.77. The van der Waals surface area contributed by atoms with Gasteiger partial charge in [0, 0.05) is 42.5 Å². The molecule has 3 rings (SSSR count). The van der Waals surface area contributed by atoms with Crippen molar-refractivity contribution in [3.63, 3.8) is 0 Å². The molecule has 0 N–H and O–H groups in total. The molecule has 0 spiro atoms. The third-order valence-corrected chi connectivity index (χ3v) is 6.24. The average molecular weight is 358 g/mol. The van der Waals surface area contributed by atoms with Gasteiger partial charge in [0.15, 0.2) is 0 Å². The summed E-state index contributed by atoms with van der Waals surface area (Å²) in [5, 5.41) is 3.42. The molecule has 1 aliphatic rings. The van der Waals surface area contributed by atoms with Gasteiger partial charge in [0.1, 0.15) is 0 Å². The zero-order chi connectivity index (χ0) is 18.0. The first kappa shape index (κ1) is 18.2. The summed E-state index contributed by atoms with van der Waals surface area (Å²) in [5.74, 6) is 0. The summed E-state index contributed by atoms with van der Waals surface area (Å²) in [6, 6.07) is 6.90. The third kappa shape index (κ3) is 3.84. The van der Waals surface area contributed by atoms with Crippen LogP contribution in [0, 0.1) is 0 Å². The van der Waals surface area contributed by atoms with Gasteiger partial charge in [-0.25, -0.2) is 4.98 Å². The van der Waals surface area contributed by atoms with Gasteiger partial charge in [0.05, 0.1) is 22.1 Å². The van der Waals surface area contributed by atoms with Crippen LogP contribution in [0.5, 0.6) is 0 Å². The van der Waals surface area contributed by atoms with Crippen LogP contribution in [-0.2, 0) is 5.41 Å². The Kier molecular flexibility index (Phi) is 5.38. The molecule has 0 radical (unpaired) electrons. The normalized spacial score (nSPS) is 15.0. The molecule has 0 atom stereocenters. The van der Waals surface area contributed by atoms with E-state index in [4.69, 9.17) is 4.98 Å². The number of hydrogen-bond donors (Lipinski definition) is 0. The molecule has 1 aromatic carbocycles. The number of aromatic nitrogens is 1. The van der Waals surface area contributed by atoms with E-state index in [-0.39, 0.29) is 5.41 Å². The van der Waals surface area contributed by atoms with Gasteiger partial charge < -0.3 is 9.80 Å². The first-order valence-electron chi connectivity index (χ1n) is 9.54. The van der Waals surface area contributed by atoms with Gasteiger partial charge in [0.2, 0.25) is 0 Å². The lowest BCUT2D eigenvalue weighted by Gasteiger charge is -2.29. The van der Waals surface area contributed by atoms with Crippen molar-refractivity contribution < 1.29 is 0 Å². The highest BCUT2D eigenvalue weighted by Gasteiger charge is 2.21. The fraction of sp³-hybridized carbons (Fsp3) is 0.571. The molecule has 1 fully saturated rings. The summed E-state index contributed by atoms with van der Waals surface area (Å²) in [6.45, 7) is 15.6. The van der Waals surface area contributed by atoms with Crippen LogP contribution in [0.2, 0.25) is 0 Å². The summed E-state index contributed by atoms with van der Waals surface area (Å²) in [6.07, 6.45) is 2.60. The van der Waals surface area contributed by atoms with Crippen LogP contribution < -0.4 is 9.80 Å². The van der Waals surface area contributed by atoms with Crippen molar-refractivity contribution in [2.75, 3.05) is 36.0 Å². The maximum absolute atomic E-state index is 4.92. The SMILES string of the molecule is CCN(CC)c1ccc(-c2csc(C(C)(C)C)n2)cc1N1CCCC1. The summed E-state index contributed by atoms with van der Waals surface area (Å²) in [7, 11) is 0. The van der Waals surface area contributed by atoms with Crippen LogP contribution in [0.4, 0.5) is 11.4 Å². The monoisotopic (exact) mass is 357 g/mol. The number of rotatable bonds is 5. The lowest BCUT2D eigenvalue weighted by atomic mass is 9.98. The van der Waals surface area contributed by atoms with Crippen molar-refractivity contribution in [1.82, 2.24) is 4.98 Å². The number of nitrogens with zero attached hydrogens (tertiary/aromatic N) is 3. The average Bonchev–Trinajstić information content (AvgIpc) is 3.27. The number of hydrogen-bond acceptors (Lipinski definition) is 4. The number of thiazole rings is 1. The van der Waals surface area contributed by atoms with E-state index < -0.39 is 0 Å². The molecule has 136 valence electrons. The Labute approximate surface area is 156 Å². The van der Waals surface area contributed by atoms with Crippen molar-refractivity contribution in [3.05, 3.63) is 28.6 Å². The highest BCUT2D eigenvalue weighted by atomic mass is 32.1. The quantitative estimate of drug-likeness (QED) is 0.699. The molecule has 1 aromatic heterocycles. The van der Waals surface area contributed by atoms with Crippen molar-refractivity contribution in [2.45, 2.75) is 52.9 Å². The van der Waals surface area contributed by atoms with Crippen molar-refractivity contribution in [1.29, 1.82) is 0 Å². The van der Waals surface area contributed by atoms with Gasteiger partial charge in [-0.15, -0.1) is 11.3 Å². The molecular weight excluding hydrogens is 326 g/mol. The number of benzene rings is 1. The Morgan fingerprint density at radius 1 is 1.12 bits per heavy atom. The van der Waals surface area contributed by atoms with Gasteiger partial charge in [-0.3, -0.25) is 0 Å². The predicted octanol–water partition coefficient (Wildman–Crippen LogP) is 5.55. The first-order chi connectivity index (χ1) is 11.9. The van der Waals surface area contributed by atoms with Crippen LogP contribution in [-0.4, -0.2) is 31.2 Å². The van der Waals surface area contributed by atoms with E-state index >= 15 is 0 Å².